The van der Waals surface area contributed by atoms with E-state index in [2.05, 4.69) is 25.6 Å². The van der Waals surface area contributed by atoms with E-state index in [4.69, 9.17) is 0 Å². The quantitative estimate of drug-likeness (QED) is 0.738. The monoisotopic (exact) mass is 374 g/mol. The zero-order chi connectivity index (χ0) is 19.6. The van der Waals surface area contributed by atoms with Crippen molar-refractivity contribution in [3.63, 3.8) is 0 Å². The van der Waals surface area contributed by atoms with Crippen LogP contribution in [0.1, 0.15) is 38.9 Å². The van der Waals surface area contributed by atoms with Crippen LogP contribution < -0.4 is 16.2 Å². The highest BCUT2D eigenvalue weighted by Gasteiger charge is 2.25. The topological polar surface area (TPSA) is 105 Å². The number of allylic oxidation sites excluding steroid dienone is 1. The lowest BCUT2D eigenvalue weighted by molar-refractivity contribution is 0.165. The molecule has 0 radical (unpaired) electrons. The number of pyridine rings is 1. The van der Waals surface area contributed by atoms with Gasteiger partial charge in [-0.3, -0.25) is 4.79 Å². The van der Waals surface area contributed by atoms with E-state index >= 15 is 0 Å². The van der Waals surface area contributed by atoms with Crippen molar-refractivity contribution >= 4 is 23.2 Å². The molecule has 27 heavy (non-hydrogen) atoms. The van der Waals surface area contributed by atoms with E-state index in [1.165, 1.54) is 10.6 Å². The summed E-state index contributed by atoms with van der Waals surface area (Å²) in [6, 6.07) is 3.20. The second kappa shape index (κ2) is 7.83. The van der Waals surface area contributed by atoms with E-state index in [9.17, 15) is 14.3 Å². The molecule has 1 atom stereocenters. The van der Waals surface area contributed by atoms with Gasteiger partial charge in [-0.2, -0.15) is 15.0 Å². The van der Waals surface area contributed by atoms with Crippen molar-refractivity contribution in [2.75, 3.05) is 10.6 Å². The fourth-order valence-electron chi connectivity index (χ4n) is 2.78. The maximum Gasteiger partial charge on any atom is 0.252 e. The second-order valence-electron chi connectivity index (χ2n) is 6.83. The van der Waals surface area contributed by atoms with Gasteiger partial charge in [-0.1, -0.05) is 0 Å². The third-order valence-electron chi connectivity index (χ3n) is 4.17. The van der Waals surface area contributed by atoms with Crippen LogP contribution in [0, 0.1) is 0 Å². The Hall–Kier alpha value is -2.81. The molecule has 0 saturated heterocycles. The summed E-state index contributed by atoms with van der Waals surface area (Å²) in [4.78, 5) is 24.7. The Bertz CT molecular complexity index is 924. The zero-order valence-electron chi connectivity index (χ0n) is 15.5. The smallest absolute Gasteiger partial charge is 0.252 e. The highest BCUT2D eigenvalue weighted by molar-refractivity contribution is 5.66. The zero-order valence-corrected chi connectivity index (χ0v) is 15.5. The van der Waals surface area contributed by atoms with Crippen molar-refractivity contribution in [2.24, 2.45) is 7.05 Å². The Labute approximate surface area is 156 Å². The van der Waals surface area contributed by atoms with Gasteiger partial charge < -0.3 is 20.3 Å². The van der Waals surface area contributed by atoms with Crippen LogP contribution >= 0.6 is 0 Å². The fourth-order valence-corrected chi connectivity index (χ4v) is 2.78. The molecule has 2 aromatic rings. The summed E-state index contributed by atoms with van der Waals surface area (Å²) in [6.45, 7) is 3.86. The van der Waals surface area contributed by atoms with E-state index in [1.54, 1.807) is 19.3 Å². The molecule has 2 aromatic heterocycles. The first-order valence-electron chi connectivity index (χ1n) is 8.87. The number of nitrogens with zero attached hydrogens (tertiary/aromatic N) is 4. The minimum absolute atomic E-state index is 0.0629. The van der Waals surface area contributed by atoms with Crippen LogP contribution in [0.25, 0.3) is 5.57 Å². The molecular weight excluding hydrogens is 351 g/mol. The first-order valence-corrected chi connectivity index (χ1v) is 8.87. The Kier molecular flexibility index (Phi) is 5.50. The average molecular weight is 374 g/mol. The number of nitrogens with one attached hydrogen (secondary N) is 2. The van der Waals surface area contributed by atoms with Gasteiger partial charge in [0, 0.05) is 36.6 Å². The Morgan fingerprint density at radius 1 is 1.30 bits per heavy atom. The summed E-state index contributed by atoms with van der Waals surface area (Å²) in [7, 11) is 1.65. The van der Waals surface area contributed by atoms with E-state index in [0.717, 1.165) is 0 Å². The van der Waals surface area contributed by atoms with Gasteiger partial charge in [-0.05, 0) is 39.2 Å². The molecule has 1 unspecified atom stereocenters. The summed E-state index contributed by atoms with van der Waals surface area (Å²) in [6.07, 6.45) is 1.98. The maximum atomic E-state index is 14.4. The number of aliphatic hydroxyl groups is 1. The van der Waals surface area contributed by atoms with Crippen LogP contribution in [-0.2, 0) is 7.05 Å². The number of hydrogen-bond donors (Lipinski definition) is 3. The molecule has 0 aliphatic heterocycles. The summed E-state index contributed by atoms with van der Waals surface area (Å²) in [5.74, 6) is 0.0664. The largest absolute Gasteiger partial charge is 0.386 e. The Morgan fingerprint density at radius 3 is 2.74 bits per heavy atom. The lowest BCUT2D eigenvalue weighted by Gasteiger charge is -2.19. The number of aromatic nitrogens is 4. The number of halogens is 1. The number of hydrogen-bond acceptors (Lipinski definition) is 7. The van der Waals surface area contributed by atoms with Gasteiger partial charge in [0.15, 0.2) is 5.82 Å². The maximum absolute atomic E-state index is 14.4. The molecular formula is C18H23FN6O2. The lowest BCUT2D eigenvalue weighted by atomic mass is 9.96. The molecule has 0 aromatic carbocycles. The molecule has 1 aliphatic rings. The standard InChI is InChI=1S/C18H23FN6O2/c1-10(2)20-17-22-16(12-5-4-6-13(26)15(12)19)23-18(24-17)21-11-7-8-25(3)14(27)9-11/h7-10,13,26H,4-6H2,1-3H3,(H2,20,21,22,23,24). The molecule has 9 heteroatoms. The minimum atomic E-state index is -1.12. The third-order valence-corrected chi connectivity index (χ3v) is 4.17. The molecule has 0 spiro atoms. The predicted octanol–water partition coefficient (Wildman–Crippen LogP) is 2.36. The van der Waals surface area contributed by atoms with Crippen molar-refractivity contribution in [3.05, 3.63) is 40.3 Å². The molecule has 3 rings (SSSR count). The van der Waals surface area contributed by atoms with Crippen molar-refractivity contribution < 1.29 is 9.50 Å². The summed E-state index contributed by atoms with van der Waals surface area (Å²) in [5.41, 5.74) is 0.623. The fraction of sp³-hybridized carbons (Fsp3) is 0.444. The average Bonchev–Trinajstić information content (AvgIpc) is 2.60. The van der Waals surface area contributed by atoms with Crippen LogP contribution in [0.3, 0.4) is 0 Å². The van der Waals surface area contributed by atoms with Crippen LogP contribution in [0.5, 0.6) is 0 Å². The van der Waals surface area contributed by atoms with Gasteiger partial charge in [0.25, 0.3) is 5.56 Å². The van der Waals surface area contributed by atoms with Gasteiger partial charge in [0.1, 0.15) is 11.9 Å². The molecule has 0 bridgehead atoms. The van der Waals surface area contributed by atoms with Crippen molar-refractivity contribution in [2.45, 2.75) is 45.3 Å². The first kappa shape index (κ1) is 19.0. The van der Waals surface area contributed by atoms with Crippen LogP contribution in [-0.4, -0.2) is 36.8 Å². The van der Waals surface area contributed by atoms with Gasteiger partial charge >= 0.3 is 0 Å². The molecule has 0 fully saturated rings. The predicted molar refractivity (Wildman–Crippen MR) is 101 cm³/mol. The van der Waals surface area contributed by atoms with Gasteiger partial charge in [0.2, 0.25) is 11.9 Å². The van der Waals surface area contributed by atoms with E-state index in [1.807, 2.05) is 13.8 Å². The highest BCUT2D eigenvalue weighted by Crippen LogP contribution is 2.32. The van der Waals surface area contributed by atoms with Crippen molar-refractivity contribution in [3.8, 4) is 0 Å². The number of anilines is 3. The van der Waals surface area contributed by atoms with Crippen molar-refractivity contribution in [1.29, 1.82) is 0 Å². The van der Waals surface area contributed by atoms with Gasteiger partial charge in [-0.25, -0.2) is 4.39 Å². The SMILES string of the molecule is CC(C)Nc1nc(Nc2ccn(C)c(=O)c2)nc(C2=C(F)C(O)CCC2)n1. The normalized spacial score (nSPS) is 17.3. The Morgan fingerprint density at radius 2 is 2.04 bits per heavy atom. The third kappa shape index (κ3) is 4.48. The molecule has 2 heterocycles. The van der Waals surface area contributed by atoms with Crippen LogP contribution in [0.2, 0.25) is 0 Å². The highest BCUT2D eigenvalue weighted by atomic mass is 19.1. The van der Waals surface area contributed by atoms with Crippen molar-refractivity contribution in [1.82, 2.24) is 19.5 Å². The number of rotatable bonds is 5. The lowest BCUT2D eigenvalue weighted by Crippen LogP contribution is -2.18. The molecule has 0 amide bonds. The van der Waals surface area contributed by atoms with E-state index in [-0.39, 0.29) is 28.9 Å². The second-order valence-corrected chi connectivity index (χ2v) is 6.83. The molecule has 3 N–H and O–H groups in total. The van der Waals surface area contributed by atoms with E-state index in [0.29, 0.717) is 30.9 Å². The van der Waals surface area contributed by atoms with Crippen LogP contribution in [0.15, 0.2) is 29.0 Å². The molecule has 144 valence electrons. The minimum Gasteiger partial charge on any atom is -0.386 e. The number of aryl methyl sites for hydroxylation is 1. The molecule has 8 nitrogen and oxygen atoms in total. The molecule has 0 saturated carbocycles. The Balaban J connectivity index is 2.01. The summed E-state index contributed by atoms with van der Waals surface area (Å²) >= 11 is 0. The number of aliphatic hydroxyl groups excluding tert-OH is 1. The van der Waals surface area contributed by atoms with Gasteiger partial charge in [0.05, 0.1) is 0 Å². The summed E-state index contributed by atoms with van der Waals surface area (Å²) < 4.78 is 15.9. The van der Waals surface area contributed by atoms with E-state index < -0.39 is 11.9 Å². The first-order chi connectivity index (χ1) is 12.8. The van der Waals surface area contributed by atoms with Crippen LogP contribution in [0.4, 0.5) is 22.0 Å². The van der Waals surface area contributed by atoms with Gasteiger partial charge in [-0.15, -0.1) is 0 Å². The molecule has 1 aliphatic carbocycles. The summed E-state index contributed by atoms with van der Waals surface area (Å²) in [5, 5.41) is 15.9.